The first-order valence-electron chi connectivity index (χ1n) is 10.1. The number of esters is 1. The van der Waals surface area contributed by atoms with Gasteiger partial charge in [0, 0.05) is 0 Å². The van der Waals surface area contributed by atoms with Crippen LogP contribution in [0.25, 0.3) is 0 Å². The third-order valence-corrected chi connectivity index (χ3v) is 6.38. The second-order valence-electron chi connectivity index (χ2n) is 7.00. The van der Waals surface area contributed by atoms with E-state index in [4.69, 9.17) is 9.47 Å². The van der Waals surface area contributed by atoms with Gasteiger partial charge in [0.15, 0.2) is 0 Å². The fourth-order valence-electron chi connectivity index (χ4n) is 2.98. The summed E-state index contributed by atoms with van der Waals surface area (Å²) in [5, 5.41) is 2.85. The van der Waals surface area contributed by atoms with Gasteiger partial charge >= 0.3 is 195 Å². The molecule has 0 aromatic heterocycles. The van der Waals surface area contributed by atoms with E-state index in [1.807, 2.05) is 71.7 Å². The Hall–Kier alpha value is -3.18. The molecule has 0 aliphatic carbocycles. The number of benzene rings is 3. The van der Waals surface area contributed by atoms with Crippen molar-refractivity contribution < 1.29 is 19.1 Å². The van der Waals surface area contributed by atoms with Gasteiger partial charge in [-0.25, -0.2) is 0 Å². The zero-order chi connectivity index (χ0) is 22.7. The summed E-state index contributed by atoms with van der Waals surface area (Å²) >= 11 is -0.0303. The van der Waals surface area contributed by atoms with Gasteiger partial charge in [-0.1, -0.05) is 0 Å². The number of amides is 1. The second-order valence-corrected chi connectivity index (χ2v) is 9.05. The molecule has 0 aliphatic heterocycles. The van der Waals surface area contributed by atoms with E-state index in [0.717, 1.165) is 10.0 Å². The van der Waals surface area contributed by atoms with Gasteiger partial charge in [0.1, 0.15) is 0 Å². The summed E-state index contributed by atoms with van der Waals surface area (Å²) in [6.07, 6.45) is 1.69. The predicted molar refractivity (Wildman–Crippen MR) is 126 cm³/mol. The van der Waals surface area contributed by atoms with E-state index in [9.17, 15) is 9.59 Å². The van der Waals surface area contributed by atoms with E-state index in [-0.39, 0.29) is 27.5 Å². The van der Waals surface area contributed by atoms with Crippen molar-refractivity contribution >= 4 is 31.3 Å². The van der Waals surface area contributed by atoms with Gasteiger partial charge in [-0.05, 0) is 0 Å². The number of hydrogen-bond acceptors (Lipinski definition) is 4. The van der Waals surface area contributed by atoms with Crippen molar-refractivity contribution in [2.75, 3.05) is 13.7 Å². The normalized spacial score (nSPS) is 12.8. The van der Waals surface area contributed by atoms with Gasteiger partial charge in [0.05, 0.1) is 0 Å². The van der Waals surface area contributed by atoms with Crippen LogP contribution < -0.4 is 9.78 Å². The maximum absolute atomic E-state index is 12.9. The van der Waals surface area contributed by atoms with E-state index >= 15 is 0 Å². The summed E-state index contributed by atoms with van der Waals surface area (Å²) < 4.78 is 12.1. The Morgan fingerprint density at radius 1 is 0.906 bits per heavy atom. The van der Waals surface area contributed by atoms with Gasteiger partial charge < -0.3 is 0 Å². The maximum atomic E-state index is 12.9. The molecule has 3 rings (SSSR count). The zero-order valence-electron chi connectivity index (χ0n) is 17.8. The Balaban J connectivity index is 1.83. The van der Waals surface area contributed by atoms with Crippen molar-refractivity contribution in [1.29, 1.82) is 0 Å². The van der Waals surface area contributed by atoms with Crippen LogP contribution in [0.2, 0.25) is 0 Å². The summed E-state index contributed by atoms with van der Waals surface area (Å²) in [4.78, 5) is 27.8. The average Bonchev–Trinajstić information content (AvgIpc) is 2.85. The van der Waals surface area contributed by atoms with Crippen molar-refractivity contribution in [3.63, 3.8) is 0 Å². The van der Waals surface area contributed by atoms with Crippen molar-refractivity contribution in [3.05, 3.63) is 113 Å². The number of rotatable bonds is 10. The standard InChI is InChI=1S/C26H25NO4Se/c1-30-25(29)26(17-18-32-23-15-9-4-10-16-23,20-31-19-21-11-5-2-6-12-21)27-24(28)22-13-7-3-8-14-22/h2-18H,19-20H2,1H3,(H,27,28)/b18-17+/t26-/m0/s1. The molecule has 3 aromatic rings. The van der Waals surface area contributed by atoms with E-state index in [0.29, 0.717) is 12.2 Å². The molecule has 5 nitrogen and oxygen atoms in total. The van der Waals surface area contributed by atoms with Crippen molar-refractivity contribution in [3.8, 4) is 0 Å². The first-order chi connectivity index (χ1) is 15.6. The quantitative estimate of drug-likeness (QED) is 0.348. The van der Waals surface area contributed by atoms with Crippen LogP contribution in [-0.4, -0.2) is 46.1 Å². The van der Waals surface area contributed by atoms with E-state index in [1.54, 1.807) is 30.3 Å². The third kappa shape index (κ3) is 6.66. The fraction of sp³-hybridized carbons (Fsp3) is 0.154. The molecule has 32 heavy (non-hydrogen) atoms. The zero-order valence-corrected chi connectivity index (χ0v) is 19.5. The molecule has 3 aromatic carbocycles. The molecule has 0 spiro atoms. The van der Waals surface area contributed by atoms with Crippen LogP contribution in [-0.2, 0) is 20.9 Å². The number of nitrogens with one attached hydrogen (secondary N) is 1. The Morgan fingerprint density at radius 2 is 1.50 bits per heavy atom. The van der Waals surface area contributed by atoms with E-state index in [1.165, 1.54) is 7.11 Å². The number of methoxy groups -OCH3 is 1. The Morgan fingerprint density at radius 3 is 2.12 bits per heavy atom. The van der Waals surface area contributed by atoms with Crippen LogP contribution in [0.15, 0.2) is 102 Å². The van der Waals surface area contributed by atoms with Gasteiger partial charge in [-0.15, -0.1) is 0 Å². The summed E-state index contributed by atoms with van der Waals surface area (Å²) in [5.41, 5.74) is -0.0311. The number of hydrogen-bond donors (Lipinski definition) is 1. The van der Waals surface area contributed by atoms with Gasteiger partial charge in [-0.3, -0.25) is 0 Å². The SMILES string of the molecule is COC(=O)[C@](/C=C/[Se]c1ccccc1)(COCc1ccccc1)NC(=O)c1ccccc1. The van der Waals surface area contributed by atoms with E-state index in [2.05, 4.69) is 5.32 Å². The molecule has 1 N–H and O–H groups in total. The summed E-state index contributed by atoms with van der Waals surface area (Å²) in [6.45, 7) is 0.243. The number of carbonyl (C=O) groups excluding carboxylic acids is 2. The summed E-state index contributed by atoms with van der Waals surface area (Å²) in [5.74, 6) is -0.967. The molecule has 0 saturated heterocycles. The Labute approximate surface area is 194 Å². The number of carbonyl (C=O) groups is 2. The van der Waals surface area contributed by atoms with Crippen molar-refractivity contribution in [2.45, 2.75) is 12.1 Å². The number of ether oxygens (including phenoxy) is 2. The molecule has 0 unspecified atom stereocenters. The summed E-state index contributed by atoms with van der Waals surface area (Å²) in [7, 11) is 1.30. The van der Waals surface area contributed by atoms with Crippen molar-refractivity contribution in [1.82, 2.24) is 5.32 Å². The molecule has 0 radical (unpaired) electrons. The molecule has 6 heteroatoms. The fourth-order valence-corrected chi connectivity index (χ4v) is 4.60. The van der Waals surface area contributed by atoms with Crippen LogP contribution in [0, 0.1) is 0 Å². The van der Waals surface area contributed by atoms with Gasteiger partial charge in [-0.2, -0.15) is 0 Å². The topological polar surface area (TPSA) is 64.6 Å². The van der Waals surface area contributed by atoms with Crippen LogP contribution in [0.5, 0.6) is 0 Å². The first kappa shape index (κ1) is 23.5. The molecule has 0 saturated carbocycles. The molecule has 0 heterocycles. The minimum atomic E-state index is -1.45. The Bertz CT molecular complexity index is 1030. The average molecular weight is 494 g/mol. The predicted octanol–water partition coefficient (Wildman–Crippen LogP) is 3.09. The van der Waals surface area contributed by atoms with Gasteiger partial charge in [0.2, 0.25) is 0 Å². The van der Waals surface area contributed by atoms with E-state index < -0.39 is 11.5 Å². The monoisotopic (exact) mass is 495 g/mol. The van der Waals surface area contributed by atoms with Crippen molar-refractivity contribution in [2.24, 2.45) is 0 Å². The third-order valence-electron chi connectivity index (χ3n) is 4.66. The molecule has 0 bridgehead atoms. The molecule has 0 fully saturated rings. The molecule has 1 atom stereocenters. The van der Waals surface area contributed by atoms with Crippen LogP contribution in [0.4, 0.5) is 0 Å². The minimum absolute atomic E-state index is 0.0303. The first-order valence-corrected chi connectivity index (χ1v) is 11.9. The van der Waals surface area contributed by atoms with Crippen LogP contribution >= 0.6 is 0 Å². The molecule has 164 valence electrons. The summed E-state index contributed by atoms with van der Waals surface area (Å²) in [6, 6.07) is 28.4. The molecule has 1 amide bonds. The van der Waals surface area contributed by atoms with Crippen LogP contribution in [0.3, 0.4) is 0 Å². The second kappa shape index (κ2) is 12.0. The molecular weight excluding hydrogens is 469 g/mol. The molecule has 0 aliphatic rings. The van der Waals surface area contributed by atoms with Crippen LogP contribution in [0.1, 0.15) is 15.9 Å². The molecular formula is C26H25NO4Se. The Kier molecular flexibility index (Phi) is 8.81. The van der Waals surface area contributed by atoms with Gasteiger partial charge in [0.25, 0.3) is 0 Å².